The van der Waals surface area contributed by atoms with E-state index in [0.29, 0.717) is 33.2 Å². The molecule has 19 heavy (non-hydrogen) atoms. The van der Waals surface area contributed by atoms with E-state index >= 15 is 0 Å². The Bertz CT molecular complexity index is 701. The fraction of sp³-hybridized carbons (Fsp3) is 0.231. The Balaban J connectivity index is 2.56. The molecule has 1 aromatic heterocycles. The molecule has 2 aromatic rings. The van der Waals surface area contributed by atoms with Crippen LogP contribution in [0.4, 0.5) is 0 Å². The highest BCUT2D eigenvalue weighted by atomic mass is 35.5. The van der Waals surface area contributed by atoms with E-state index in [-0.39, 0.29) is 5.56 Å². The second kappa shape index (κ2) is 5.90. The molecular formula is C13H12Cl2N2OS. The number of H-pyrrole nitrogens is 2. The zero-order chi connectivity index (χ0) is 14.0. The van der Waals surface area contributed by atoms with E-state index in [4.69, 9.17) is 35.4 Å². The van der Waals surface area contributed by atoms with E-state index in [0.717, 1.165) is 11.3 Å². The van der Waals surface area contributed by atoms with Gasteiger partial charge in [-0.05, 0) is 36.3 Å². The molecule has 1 aromatic carbocycles. The van der Waals surface area contributed by atoms with Gasteiger partial charge in [0.1, 0.15) is 0 Å². The van der Waals surface area contributed by atoms with Crippen LogP contribution in [0.2, 0.25) is 10.0 Å². The van der Waals surface area contributed by atoms with Gasteiger partial charge < -0.3 is 4.98 Å². The Morgan fingerprint density at radius 2 is 1.79 bits per heavy atom. The molecule has 2 N–H and O–H groups in total. The van der Waals surface area contributed by atoms with E-state index in [1.54, 1.807) is 18.2 Å². The SMILES string of the molecule is CCc1[nH]c(=S)[nH]c(=O)c1Cc1c(Cl)cccc1Cl. The van der Waals surface area contributed by atoms with Crippen LogP contribution >= 0.6 is 35.4 Å². The van der Waals surface area contributed by atoms with Crippen molar-refractivity contribution in [3.63, 3.8) is 0 Å². The van der Waals surface area contributed by atoms with E-state index in [1.807, 2.05) is 6.92 Å². The van der Waals surface area contributed by atoms with Crippen molar-refractivity contribution in [3.05, 3.63) is 60.2 Å². The highest BCUT2D eigenvalue weighted by Gasteiger charge is 2.12. The molecule has 0 unspecified atom stereocenters. The number of aromatic nitrogens is 2. The summed E-state index contributed by atoms with van der Waals surface area (Å²) < 4.78 is 0.329. The molecule has 0 amide bonds. The minimum Gasteiger partial charge on any atom is -0.336 e. The van der Waals surface area contributed by atoms with Crippen molar-refractivity contribution in [2.75, 3.05) is 0 Å². The maximum atomic E-state index is 12.0. The Kier molecular flexibility index (Phi) is 4.45. The molecule has 3 nitrogen and oxygen atoms in total. The van der Waals surface area contributed by atoms with Gasteiger partial charge in [0.25, 0.3) is 5.56 Å². The van der Waals surface area contributed by atoms with Gasteiger partial charge in [0.05, 0.1) is 0 Å². The van der Waals surface area contributed by atoms with Crippen LogP contribution in [-0.4, -0.2) is 9.97 Å². The lowest BCUT2D eigenvalue weighted by Crippen LogP contribution is -2.18. The first-order valence-electron chi connectivity index (χ1n) is 5.80. The van der Waals surface area contributed by atoms with Crippen molar-refractivity contribution in [1.29, 1.82) is 0 Å². The summed E-state index contributed by atoms with van der Waals surface area (Å²) in [5.41, 5.74) is 1.98. The molecule has 0 radical (unpaired) electrons. The summed E-state index contributed by atoms with van der Waals surface area (Å²) in [6.07, 6.45) is 1.06. The van der Waals surface area contributed by atoms with Crippen LogP contribution in [0.3, 0.4) is 0 Å². The lowest BCUT2D eigenvalue weighted by molar-refractivity contribution is 0.907. The third-order valence-electron chi connectivity index (χ3n) is 2.90. The molecular weight excluding hydrogens is 303 g/mol. The molecule has 6 heteroatoms. The Hall–Kier alpha value is -1.10. The molecule has 0 atom stereocenters. The number of halogens is 2. The zero-order valence-corrected chi connectivity index (χ0v) is 12.5. The summed E-state index contributed by atoms with van der Waals surface area (Å²) in [4.78, 5) is 17.6. The predicted molar refractivity (Wildman–Crippen MR) is 80.9 cm³/mol. The van der Waals surface area contributed by atoms with Crippen molar-refractivity contribution >= 4 is 35.4 Å². The zero-order valence-electron chi connectivity index (χ0n) is 10.2. The Morgan fingerprint density at radius 3 is 2.37 bits per heavy atom. The second-order valence-electron chi connectivity index (χ2n) is 4.10. The number of rotatable bonds is 3. The van der Waals surface area contributed by atoms with Crippen LogP contribution in [0, 0.1) is 4.77 Å². The largest absolute Gasteiger partial charge is 0.336 e. The second-order valence-corrected chi connectivity index (χ2v) is 5.32. The minimum atomic E-state index is -0.198. The molecule has 0 aliphatic rings. The highest BCUT2D eigenvalue weighted by Crippen LogP contribution is 2.26. The third kappa shape index (κ3) is 3.08. The predicted octanol–water partition coefficient (Wildman–Crippen LogP) is 3.89. The van der Waals surface area contributed by atoms with Crippen LogP contribution < -0.4 is 5.56 Å². The molecule has 0 saturated carbocycles. The number of hydrogen-bond acceptors (Lipinski definition) is 2. The van der Waals surface area contributed by atoms with Crippen molar-refractivity contribution in [1.82, 2.24) is 9.97 Å². The summed E-state index contributed by atoms with van der Waals surface area (Å²) in [6, 6.07) is 5.29. The van der Waals surface area contributed by atoms with Crippen LogP contribution in [-0.2, 0) is 12.8 Å². The quantitative estimate of drug-likeness (QED) is 0.844. The van der Waals surface area contributed by atoms with Gasteiger partial charge in [-0.2, -0.15) is 0 Å². The topological polar surface area (TPSA) is 48.6 Å². The standard InChI is InChI=1S/C13H12Cl2N2OS/c1-2-11-8(12(18)17-13(19)16-11)6-7-9(14)4-3-5-10(7)15/h3-5H,2,6H2,1H3,(H2,16,17,18,19). The summed E-state index contributed by atoms with van der Waals surface area (Å²) >= 11 is 17.2. The molecule has 100 valence electrons. The smallest absolute Gasteiger partial charge is 0.255 e. The van der Waals surface area contributed by atoms with Gasteiger partial charge >= 0.3 is 0 Å². The monoisotopic (exact) mass is 314 g/mol. The number of benzene rings is 1. The number of aryl methyl sites for hydroxylation is 1. The fourth-order valence-corrected chi connectivity index (χ4v) is 2.67. The summed E-state index contributed by atoms with van der Waals surface area (Å²) in [5, 5.41) is 1.10. The molecule has 0 saturated heterocycles. The number of nitrogens with one attached hydrogen (secondary N) is 2. The molecule has 0 aliphatic carbocycles. The van der Waals surface area contributed by atoms with Crippen molar-refractivity contribution in [2.24, 2.45) is 0 Å². The maximum Gasteiger partial charge on any atom is 0.255 e. The molecule has 0 bridgehead atoms. The summed E-state index contributed by atoms with van der Waals surface area (Å²) in [7, 11) is 0. The number of aromatic amines is 2. The first-order chi connectivity index (χ1) is 9.02. The number of hydrogen-bond donors (Lipinski definition) is 2. The molecule has 1 heterocycles. The van der Waals surface area contributed by atoms with Crippen molar-refractivity contribution < 1.29 is 0 Å². The van der Waals surface area contributed by atoms with E-state index in [9.17, 15) is 4.79 Å². The van der Waals surface area contributed by atoms with Gasteiger partial charge in [-0.25, -0.2) is 0 Å². The van der Waals surface area contributed by atoms with Crippen molar-refractivity contribution in [2.45, 2.75) is 19.8 Å². The van der Waals surface area contributed by atoms with E-state index in [2.05, 4.69) is 9.97 Å². The average molecular weight is 315 g/mol. The van der Waals surface area contributed by atoms with Gasteiger partial charge in [-0.1, -0.05) is 36.2 Å². The average Bonchev–Trinajstić information content (AvgIpc) is 2.35. The van der Waals surface area contributed by atoms with Crippen LogP contribution in [0.15, 0.2) is 23.0 Å². The first kappa shape index (κ1) is 14.3. The summed E-state index contributed by atoms with van der Waals surface area (Å²) in [5.74, 6) is 0. The Labute approximate surface area is 125 Å². The molecule has 0 fully saturated rings. The van der Waals surface area contributed by atoms with Gasteiger partial charge in [0.15, 0.2) is 4.77 Å². The van der Waals surface area contributed by atoms with E-state index in [1.165, 1.54) is 0 Å². The van der Waals surface area contributed by atoms with Gasteiger partial charge in [0.2, 0.25) is 0 Å². The van der Waals surface area contributed by atoms with Gasteiger partial charge in [0, 0.05) is 27.7 Å². The maximum absolute atomic E-state index is 12.0. The van der Waals surface area contributed by atoms with Crippen molar-refractivity contribution in [3.8, 4) is 0 Å². The lowest BCUT2D eigenvalue weighted by atomic mass is 10.0. The van der Waals surface area contributed by atoms with Crippen LogP contribution in [0.5, 0.6) is 0 Å². The molecule has 2 rings (SSSR count). The molecule has 0 spiro atoms. The normalized spacial score (nSPS) is 10.7. The van der Waals surface area contributed by atoms with Gasteiger partial charge in [-0.3, -0.25) is 9.78 Å². The first-order valence-corrected chi connectivity index (χ1v) is 6.96. The van der Waals surface area contributed by atoms with E-state index < -0.39 is 0 Å². The molecule has 0 aliphatic heterocycles. The minimum absolute atomic E-state index is 0.198. The third-order valence-corrected chi connectivity index (χ3v) is 3.81. The Morgan fingerprint density at radius 1 is 1.16 bits per heavy atom. The summed E-state index contributed by atoms with van der Waals surface area (Å²) in [6.45, 7) is 1.96. The highest BCUT2D eigenvalue weighted by molar-refractivity contribution is 7.71. The lowest BCUT2D eigenvalue weighted by Gasteiger charge is -2.09. The van der Waals surface area contributed by atoms with Gasteiger partial charge in [-0.15, -0.1) is 0 Å². The fourth-order valence-electron chi connectivity index (χ4n) is 1.93. The van der Waals surface area contributed by atoms with Crippen LogP contribution in [0.25, 0.3) is 0 Å². The van der Waals surface area contributed by atoms with Crippen LogP contribution in [0.1, 0.15) is 23.7 Å².